The van der Waals surface area contributed by atoms with E-state index in [2.05, 4.69) is 5.32 Å². The molecule has 0 aliphatic heterocycles. The van der Waals surface area contributed by atoms with Gasteiger partial charge in [0.15, 0.2) is 5.75 Å². The number of benzene rings is 3. The van der Waals surface area contributed by atoms with E-state index in [1.165, 1.54) is 48.5 Å². The molecule has 0 aliphatic carbocycles. The maximum Gasteiger partial charge on any atom is 0.253 e. The van der Waals surface area contributed by atoms with Crippen molar-refractivity contribution in [2.24, 2.45) is 5.14 Å². The normalized spacial score (nSPS) is 11.5. The van der Waals surface area contributed by atoms with E-state index in [-0.39, 0.29) is 44.5 Å². The minimum absolute atomic E-state index is 0.0278. The second kappa shape index (κ2) is 10.1. The highest BCUT2D eigenvalue weighted by atomic mass is 35.5. The Balaban J connectivity index is 1.79. The molecular formula is C23H21Cl2FN2O4S. The van der Waals surface area contributed by atoms with Gasteiger partial charge in [-0.15, -0.1) is 0 Å². The molecule has 0 saturated heterocycles. The highest BCUT2D eigenvalue weighted by Crippen LogP contribution is 2.39. The van der Waals surface area contributed by atoms with Gasteiger partial charge in [-0.25, -0.2) is 17.9 Å². The summed E-state index contributed by atoms with van der Waals surface area (Å²) in [5.74, 6) is -0.658. The summed E-state index contributed by atoms with van der Waals surface area (Å²) < 4.78 is 42.4. The van der Waals surface area contributed by atoms with Crippen LogP contribution in [0.5, 0.6) is 11.5 Å². The molecule has 0 unspecified atom stereocenters. The van der Waals surface area contributed by atoms with Crippen molar-refractivity contribution in [2.75, 3.05) is 0 Å². The number of carbonyl (C=O) groups excluding carboxylic acids is 1. The van der Waals surface area contributed by atoms with Gasteiger partial charge in [0, 0.05) is 12.6 Å². The second-order valence-electron chi connectivity index (χ2n) is 7.59. The van der Waals surface area contributed by atoms with E-state index in [1.54, 1.807) is 6.07 Å². The average Bonchev–Trinajstić information content (AvgIpc) is 2.74. The summed E-state index contributed by atoms with van der Waals surface area (Å²) in [5.41, 5.74) is 1.50. The van der Waals surface area contributed by atoms with Gasteiger partial charge in [0.25, 0.3) is 5.91 Å². The number of ether oxygens (including phenoxy) is 1. The van der Waals surface area contributed by atoms with E-state index in [1.807, 2.05) is 13.8 Å². The summed E-state index contributed by atoms with van der Waals surface area (Å²) in [4.78, 5) is 12.7. The van der Waals surface area contributed by atoms with Gasteiger partial charge >= 0.3 is 0 Å². The number of amides is 1. The van der Waals surface area contributed by atoms with Gasteiger partial charge in [-0.1, -0.05) is 49.2 Å². The zero-order valence-corrected chi connectivity index (χ0v) is 20.1. The molecule has 0 aliphatic rings. The number of hydrogen-bond acceptors (Lipinski definition) is 4. The first-order chi connectivity index (χ1) is 15.5. The molecule has 3 N–H and O–H groups in total. The summed E-state index contributed by atoms with van der Waals surface area (Å²) in [6.07, 6.45) is 0. The standard InChI is InChI=1S/C23H21Cl2FN2O4S/c1-13(2)15-9-16(26)11-17(10-15)32-22-20(24)8-7-19(21(22)25)23(29)28-12-14-3-5-18(6-4-14)33(27,30)31/h3-11,13H,12H2,1-2H3,(H,28,29)(H2,27,30,31). The van der Waals surface area contributed by atoms with Crippen LogP contribution in [0.4, 0.5) is 4.39 Å². The van der Waals surface area contributed by atoms with Crippen molar-refractivity contribution in [1.29, 1.82) is 0 Å². The van der Waals surface area contributed by atoms with Gasteiger partial charge < -0.3 is 10.1 Å². The van der Waals surface area contributed by atoms with Crippen LogP contribution in [0.1, 0.15) is 41.3 Å². The second-order valence-corrected chi connectivity index (χ2v) is 9.93. The highest BCUT2D eigenvalue weighted by Gasteiger charge is 2.19. The lowest BCUT2D eigenvalue weighted by molar-refractivity contribution is 0.0950. The Morgan fingerprint density at radius 3 is 2.36 bits per heavy atom. The molecule has 0 heterocycles. The molecule has 3 aromatic carbocycles. The number of rotatable bonds is 7. The van der Waals surface area contributed by atoms with Crippen molar-refractivity contribution in [2.45, 2.75) is 31.2 Å². The number of halogens is 3. The van der Waals surface area contributed by atoms with Gasteiger partial charge in [-0.05, 0) is 53.4 Å². The van der Waals surface area contributed by atoms with Gasteiger partial charge in [0.2, 0.25) is 10.0 Å². The Hall–Kier alpha value is -2.65. The Morgan fingerprint density at radius 2 is 1.76 bits per heavy atom. The molecule has 0 bridgehead atoms. The van der Waals surface area contributed by atoms with Crippen LogP contribution in [0, 0.1) is 5.82 Å². The zero-order chi connectivity index (χ0) is 24.3. The smallest absolute Gasteiger partial charge is 0.253 e. The summed E-state index contributed by atoms with van der Waals surface area (Å²) in [6, 6.07) is 13.0. The van der Waals surface area contributed by atoms with Crippen molar-refractivity contribution >= 4 is 39.1 Å². The third-order valence-electron chi connectivity index (χ3n) is 4.78. The molecule has 174 valence electrons. The quantitative estimate of drug-likeness (QED) is 0.430. The van der Waals surface area contributed by atoms with Crippen LogP contribution in [-0.4, -0.2) is 14.3 Å². The maximum absolute atomic E-state index is 14.0. The van der Waals surface area contributed by atoms with Crippen LogP contribution in [0.3, 0.4) is 0 Å². The van der Waals surface area contributed by atoms with Crippen molar-refractivity contribution in [3.8, 4) is 11.5 Å². The van der Waals surface area contributed by atoms with Crippen molar-refractivity contribution in [3.05, 3.63) is 87.2 Å². The predicted octanol–water partition coefficient (Wildman–Crippen LogP) is 5.63. The number of hydrogen-bond donors (Lipinski definition) is 2. The summed E-state index contributed by atoms with van der Waals surface area (Å²) >= 11 is 12.6. The first-order valence-corrected chi connectivity index (χ1v) is 12.1. The number of nitrogens with one attached hydrogen (secondary N) is 1. The summed E-state index contributed by atoms with van der Waals surface area (Å²) in [5, 5.41) is 7.90. The lowest BCUT2D eigenvalue weighted by Gasteiger charge is -2.15. The molecule has 0 radical (unpaired) electrons. The van der Waals surface area contributed by atoms with E-state index >= 15 is 0 Å². The van der Waals surface area contributed by atoms with Crippen LogP contribution < -0.4 is 15.2 Å². The first kappa shape index (κ1) is 25.0. The monoisotopic (exact) mass is 510 g/mol. The fourth-order valence-electron chi connectivity index (χ4n) is 2.97. The van der Waals surface area contributed by atoms with E-state index < -0.39 is 21.7 Å². The Morgan fingerprint density at radius 1 is 1.09 bits per heavy atom. The summed E-state index contributed by atoms with van der Waals surface area (Å²) in [6.45, 7) is 3.96. The Kier molecular flexibility index (Phi) is 7.64. The van der Waals surface area contributed by atoms with E-state index in [4.69, 9.17) is 33.1 Å². The molecule has 0 fully saturated rings. The third-order valence-corrected chi connectivity index (χ3v) is 6.38. The SMILES string of the molecule is CC(C)c1cc(F)cc(Oc2c(Cl)ccc(C(=O)NCc3ccc(S(N)(=O)=O)cc3)c2Cl)c1. The number of nitrogens with two attached hydrogens (primary N) is 1. The molecule has 0 aromatic heterocycles. The molecule has 3 aromatic rings. The highest BCUT2D eigenvalue weighted by molar-refractivity contribution is 7.89. The Bertz CT molecular complexity index is 1300. The fourth-order valence-corrected chi connectivity index (χ4v) is 4.02. The van der Waals surface area contributed by atoms with Gasteiger partial charge in [0.05, 0.1) is 20.5 Å². The lowest BCUT2D eigenvalue weighted by Crippen LogP contribution is -2.23. The molecule has 0 saturated carbocycles. The van der Waals surface area contributed by atoms with Crippen LogP contribution in [0.25, 0.3) is 0 Å². The van der Waals surface area contributed by atoms with E-state index in [9.17, 15) is 17.6 Å². The predicted molar refractivity (Wildman–Crippen MR) is 126 cm³/mol. The number of primary sulfonamides is 1. The van der Waals surface area contributed by atoms with Crippen molar-refractivity contribution in [3.63, 3.8) is 0 Å². The summed E-state index contributed by atoms with van der Waals surface area (Å²) in [7, 11) is -3.80. The largest absolute Gasteiger partial charge is 0.454 e. The molecule has 1 amide bonds. The van der Waals surface area contributed by atoms with Crippen molar-refractivity contribution in [1.82, 2.24) is 5.32 Å². The van der Waals surface area contributed by atoms with Gasteiger partial charge in [0.1, 0.15) is 11.6 Å². The molecule has 0 spiro atoms. The number of sulfonamides is 1. The number of carbonyl (C=O) groups is 1. The van der Waals surface area contributed by atoms with Crippen LogP contribution in [-0.2, 0) is 16.6 Å². The minimum atomic E-state index is -3.80. The molecule has 3 rings (SSSR count). The van der Waals surface area contributed by atoms with Crippen LogP contribution in [0.2, 0.25) is 10.0 Å². The van der Waals surface area contributed by atoms with E-state index in [0.29, 0.717) is 5.56 Å². The molecule has 33 heavy (non-hydrogen) atoms. The third kappa shape index (κ3) is 6.23. The Labute approximate surface area is 201 Å². The van der Waals surface area contributed by atoms with Crippen molar-refractivity contribution < 1.29 is 22.3 Å². The van der Waals surface area contributed by atoms with E-state index in [0.717, 1.165) is 5.56 Å². The topological polar surface area (TPSA) is 98.5 Å². The maximum atomic E-state index is 14.0. The first-order valence-electron chi connectivity index (χ1n) is 9.82. The van der Waals surface area contributed by atoms with Gasteiger partial charge in [-0.2, -0.15) is 0 Å². The molecular weight excluding hydrogens is 490 g/mol. The van der Waals surface area contributed by atoms with Gasteiger partial charge in [-0.3, -0.25) is 4.79 Å². The molecule has 6 nitrogen and oxygen atoms in total. The average molecular weight is 511 g/mol. The minimum Gasteiger partial charge on any atom is -0.454 e. The molecule has 10 heteroatoms. The van der Waals surface area contributed by atoms with Crippen LogP contribution in [0.15, 0.2) is 59.5 Å². The lowest BCUT2D eigenvalue weighted by atomic mass is 10.0. The zero-order valence-electron chi connectivity index (χ0n) is 17.7. The molecule has 0 atom stereocenters. The fraction of sp³-hybridized carbons (Fsp3) is 0.174. The van der Waals surface area contributed by atoms with Crippen LogP contribution >= 0.6 is 23.2 Å².